The number of piperidine rings is 1. The minimum atomic E-state index is -4.28. The molecule has 5 heteroatoms. The fourth-order valence-corrected chi connectivity index (χ4v) is 2.65. The lowest BCUT2D eigenvalue weighted by Crippen LogP contribution is -2.38. The van der Waals surface area contributed by atoms with E-state index >= 15 is 0 Å². The highest BCUT2D eigenvalue weighted by Crippen LogP contribution is 2.33. The zero-order valence-corrected chi connectivity index (χ0v) is 11.9. The van der Waals surface area contributed by atoms with Crippen LogP contribution in [0.25, 0.3) is 0 Å². The van der Waals surface area contributed by atoms with Gasteiger partial charge >= 0.3 is 6.18 Å². The Balaban J connectivity index is 2.04. The molecular formula is C15H21F3N2. The molecule has 0 spiro atoms. The monoisotopic (exact) mass is 286 g/mol. The topological polar surface area (TPSA) is 15.3 Å². The van der Waals surface area contributed by atoms with E-state index in [0.29, 0.717) is 5.69 Å². The molecular weight excluding hydrogens is 265 g/mol. The fourth-order valence-electron chi connectivity index (χ4n) is 2.65. The number of halogens is 3. The number of benzene rings is 1. The van der Waals surface area contributed by atoms with E-state index in [4.69, 9.17) is 0 Å². The van der Waals surface area contributed by atoms with Gasteiger partial charge in [0.2, 0.25) is 0 Å². The third kappa shape index (κ3) is 3.66. The quantitative estimate of drug-likeness (QED) is 0.906. The highest BCUT2D eigenvalue weighted by atomic mass is 19.4. The molecule has 1 fully saturated rings. The molecule has 1 saturated heterocycles. The molecule has 1 aromatic rings. The van der Waals surface area contributed by atoms with Crippen molar-refractivity contribution >= 4 is 5.69 Å². The first kappa shape index (κ1) is 15.2. The van der Waals surface area contributed by atoms with Gasteiger partial charge in [-0.05, 0) is 44.0 Å². The van der Waals surface area contributed by atoms with Gasteiger partial charge in [0.1, 0.15) is 0 Å². The van der Waals surface area contributed by atoms with Crippen LogP contribution in [0.3, 0.4) is 0 Å². The van der Waals surface area contributed by atoms with E-state index in [1.165, 1.54) is 19.1 Å². The summed E-state index contributed by atoms with van der Waals surface area (Å²) in [7, 11) is 0. The molecule has 0 atom stereocenters. The molecule has 2 nitrogen and oxygen atoms in total. The molecule has 0 aliphatic carbocycles. The van der Waals surface area contributed by atoms with Gasteiger partial charge in [-0.3, -0.25) is 0 Å². The number of hydrogen-bond acceptors (Lipinski definition) is 2. The number of nitrogens with one attached hydrogen (secondary N) is 1. The van der Waals surface area contributed by atoms with Crippen molar-refractivity contribution in [2.24, 2.45) is 0 Å². The average molecular weight is 286 g/mol. The van der Waals surface area contributed by atoms with Crippen molar-refractivity contribution in [3.8, 4) is 0 Å². The van der Waals surface area contributed by atoms with E-state index in [-0.39, 0.29) is 11.6 Å². The molecule has 20 heavy (non-hydrogen) atoms. The molecule has 112 valence electrons. The van der Waals surface area contributed by atoms with Gasteiger partial charge in [0.15, 0.2) is 0 Å². The summed E-state index contributed by atoms with van der Waals surface area (Å²) in [5.74, 6) is 0. The maximum Gasteiger partial charge on any atom is 0.416 e. The van der Waals surface area contributed by atoms with Crippen LogP contribution >= 0.6 is 0 Å². The lowest BCUT2D eigenvalue weighted by Gasteiger charge is -2.32. The van der Waals surface area contributed by atoms with E-state index in [0.717, 1.165) is 32.5 Å². The second-order valence-electron chi connectivity index (χ2n) is 5.38. The van der Waals surface area contributed by atoms with E-state index in [1.807, 2.05) is 0 Å². The van der Waals surface area contributed by atoms with Gasteiger partial charge in [-0.2, -0.15) is 13.2 Å². The smallest absolute Gasteiger partial charge is 0.382 e. The highest BCUT2D eigenvalue weighted by molar-refractivity contribution is 5.50. The Morgan fingerprint density at radius 2 is 1.90 bits per heavy atom. The van der Waals surface area contributed by atoms with Crippen molar-refractivity contribution in [1.29, 1.82) is 0 Å². The van der Waals surface area contributed by atoms with Crippen LogP contribution in [0.5, 0.6) is 0 Å². The van der Waals surface area contributed by atoms with E-state index in [1.54, 1.807) is 6.07 Å². The first-order chi connectivity index (χ1) is 9.40. The predicted octanol–water partition coefficient (Wildman–Crippen LogP) is 3.91. The Labute approximate surface area is 118 Å². The third-order valence-corrected chi connectivity index (χ3v) is 3.95. The second-order valence-corrected chi connectivity index (χ2v) is 5.38. The number of aryl methyl sites for hydroxylation is 1. The molecule has 0 unspecified atom stereocenters. The SMILES string of the molecule is CCN1CCC(Nc2ccc(C)c(C(F)(F)F)c2)CC1. The van der Waals surface area contributed by atoms with Gasteiger partial charge in [0, 0.05) is 24.8 Å². The van der Waals surface area contributed by atoms with Crippen LogP contribution in [-0.4, -0.2) is 30.6 Å². The van der Waals surface area contributed by atoms with Gasteiger partial charge in [0.05, 0.1) is 5.56 Å². The van der Waals surface area contributed by atoms with Gasteiger partial charge in [-0.1, -0.05) is 13.0 Å². The Morgan fingerprint density at radius 1 is 1.25 bits per heavy atom. The van der Waals surface area contributed by atoms with E-state index in [9.17, 15) is 13.2 Å². The minimum absolute atomic E-state index is 0.265. The summed E-state index contributed by atoms with van der Waals surface area (Å²) in [4.78, 5) is 2.36. The number of nitrogens with zero attached hydrogens (tertiary/aromatic N) is 1. The van der Waals surface area contributed by atoms with Gasteiger partial charge in [-0.25, -0.2) is 0 Å². The minimum Gasteiger partial charge on any atom is -0.382 e. The summed E-state index contributed by atoms with van der Waals surface area (Å²) in [6.07, 6.45) is -2.33. The van der Waals surface area contributed by atoms with Gasteiger partial charge in [0.25, 0.3) is 0 Å². The molecule has 2 rings (SSSR count). The summed E-state index contributed by atoms with van der Waals surface area (Å²) in [6.45, 7) is 6.67. The van der Waals surface area contributed by atoms with Crippen LogP contribution in [0.2, 0.25) is 0 Å². The predicted molar refractivity (Wildman–Crippen MR) is 74.9 cm³/mol. The number of hydrogen-bond donors (Lipinski definition) is 1. The van der Waals surface area contributed by atoms with E-state index < -0.39 is 11.7 Å². The Bertz CT molecular complexity index is 449. The lowest BCUT2D eigenvalue weighted by atomic mass is 10.0. The van der Waals surface area contributed by atoms with E-state index in [2.05, 4.69) is 17.1 Å². The largest absolute Gasteiger partial charge is 0.416 e. The van der Waals surface area contributed by atoms with Crippen molar-refractivity contribution < 1.29 is 13.2 Å². The number of anilines is 1. The lowest BCUT2D eigenvalue weighted by molar-refractivity contribution is -0.138. The van der Waals surface area contributed by atoms with Crippen LogP contribution in [0.1, 0.15) is 30.9 Å². The Kier molecular flexibility index (Phi) is 4.58. The molecule has 0 saturated carbocycles. The van der Waals surface area contributed by atoms with Crippen molar-refractivity contribution in [2.75, 3.05) is 25.0 Å². The first-order valence-corrected chi connectivity index (χ1v) is 7.07. The number of likely N-dealkylation sites (tertiary alicyclic amines) is 1. The van der Waals surface area contributed by atoms with Crippen molar-refractivity contribution in [2.45, 2.75) is 38.9 Å². The van der Waals surface area contributed by atoms with Crippen LogP contribution in [-0.2, 0) is 6.18 Å². The van der Waals surface area contributed by atoms with Gasteiger partial charge in [-0.15, -0.1) is 0 Å². The molecule has 0 bridgehead atoms. The third-order valence-electron chi connectivity index (χ3n) is 3.95. The van der Waals surface area contributed by atoms with Crippen molar-refractivity contribution in [1.82, 2.24) is 4.90 Å². The van der Waals surface area contributed by atoms with Gasteiger partial charge < -0.3 is 10.2 Å². The fraction of sp³-hybridized carbons (Fsp3) is 0.600. The molecule has 0 radical (unpaired) electrons. The molecule has 0 amide bonds. The maximum absolute atomic E-state index is 12.9. The molecule has 1 aromatic carbocycles. The molecule has 1 heterocycles. The first-order valence-electron chi connectivity index (χ1n) is 7.07. The van der Waals surface area contributed by atoms with Crippen LogP contribution in [0, 0.1) is 6.92 Å². The van der Waals surface area contributed by atoms with Crippen LogP contribution in [0.4, 0.5) is 18.9 Å². The summed E-state index contributed by atoms with van der Waals surface area (Å²) < 4.78 is 38.6. The molecule has 0 aromatic heterocycles. The summed E-state index contributed by atoms with van der Waals surface area (Å²) in [5, 5.41) is 3.24. The van der Waals surface area contributed by atoms with Crippen LogP contribution in [0.15, 0.2) is 18.2 Å². The zero-order chi connectivity index (χ0) is 14.8. The van der Waals surface area contributed by atoms with Crippen LogP contribution < -0.4 is 5.32 Å². The summed E-state index contributed by atoms with van der Waals surface area (Å²) in [5.41, 5.74) is 0.287. The average Bonchev–Trinajstić information content (AvgIpc) is 2.40. The Morgan fingerprint density at radius 3 is 2.45 bits per heavy atom. The maximum atomic E-state index is 12.9. The van der Waals surface area contributed by atoms with Crippen molar-refractivity contribution in [3.63, 3.8) is 0 Å². The molecule has 1 N–H and O–H groups in total. The Hall–Kier alpha value is -1.23. The highest BCUT2D eigenvalue weighted by Gasteiger charge is 2.32. The van der Waals surface area contributed by atoms with Crippen molar-refractivity contribution in [3.05, 3.63) is 29.3 Å². The molecule has 1 aliphatic rings. The summed E-state index contributed by atoms with van der Waals surface area (Å²) in [6, 6.07) is 4.76. The second kappa shape index (κ2) is 6.04. The normalized spacial score (nSPS) is 18.2. The molecule has 1 aliphatic heterocycles. The number of alkyl halides is 3. The standard InChI is InChI=1S/C15H21F3N2/c1-3-20-8-6-12(7-9-20)19-13-5-4-11(2)14(10-13)15(16,17)18/h4-5,10,12,19H,3,6-9H2,1-2H3. The number of rotatable bonds is 3. The zero-order valence-electron chi connectivity index (χ0n) is 11.9. The summed E-state index contributed by atoms with van der Waals surface area (Å²) >= 11 is 0.